The Morgan fingerprint density at radius 1 is 1.36 bits per heavy atom. The van der Waals surface area contributed by atoms with E-state index in [0.29, 0.717) is 22.0 Å². The van der Waals surface area contributed by atoms with Crippen LogP contribution in [0.15, 0.2) is 29.6 Å². The second-order valence-corrected chi connectivity index (χ2v) is 6.98. The van der Waals surface area contributed by atoms with Crippen LogP contribution in [0.3, 0.4) is 0 Å². The third-order valence-corrected chi connectivity index (χ3v) is 4.73. The summed E-state index contributed by atoms with van der Waals surface area (Å²) in [6.45, 7) is 3.14. The third-order valence-electron chi connectivity index (χ3n) is 2.71. The van der Waals surface area contributed by atoms with Gasteiger partial charge in [0, 0.05) is 17.9 Å². The van der Waals surface area contributed by atoms with Crippen LogP contribution in [0.4, 0.5) is 5.13 Å². The van der Waals surface area contributed by atoms with Gasteiger partial charge in [-0.25, -0.2) is 4.98 Å². The van der Waals surface area contributed by atoms with Crippen LogP contribution in [0, 0.1) is 0 Å². The van der Waals surface area contributed by atoms with Gasteiger partial charge in [-0.1, -0.05) is 24.3 Å². The van der Waals surface area contributed by atoms with Gasteiger partial charge in [0.15, 0.2) is 5.13 Å². The molecule has 0 saturated heterocycles. The lowest BCUT2D eigenvalue weighted by atomic mass is 10.1. The van der Waals surface area contributed by atoms with E-state index in [2.05, 4.69) is 10.3 Å². The summed E-state index contributed by atoms with van der Waals surface area (Å²) in [6.07, 6.45) is 0. The van der Waals surface area contributed by atoms with Crippen molar-refractivity contribution >= 4 is 32.5 Å². The lowest BCUT2D eigenvalue weighted by Crippen LogP contribution is -2.09. The molecule has 0 fully saturated rings. The van der Waals surface area contributed by atoms with Gasteiger partial charge >= 0.3 is 0 Å². The van der Waals surface area contributed by atoms with Crippen LogP contribution >= 0.6 is 11.3 Å². The third kappa shape index (κ3) is 4.36. The van der Waals surface area contributed by atoms with E-state index in [4.69, 9.17) is 4.18 Å². The van der Waals surface area contributed by atoms with E-state index in [1.807, 2.05) is 6.07 Å². The number of amides is 1. The van der Waals surface area contributed by atoms with Crippen LogP contribution in [-0.4, -0.2) is 25.9 Å². The summed E-state index contributed by atoms with van der Waals surface area (Å²) >= 11 is 1.29. The van der Waals surface area contributed by atoms with Gasteiger partial charge in [0.1, 0.15) is 5.75 Å². The molecule has 0 radical (unpaired) electrons. The summed E-state index contributed by atoms with van der Waals surface area (Å²) in [5.74, 6) is -0.419. The zero-order chi connectivity index (χ0) is 16.2. The fourth-order valence-electron chi connectivity index (χ4n) is 1.91. The zero-order valence-corrected chi connectivity index (χ0v) is 13.8. The molecule has 1 aromatic carbocycles. The first-order valence-corrected chi connectivity index (χ1v) is 9.05. The normalized spacial score (nSPS) is 11.4. The molecule has 2 aromatic rings. The van der Waals surface area contributed by atoms with Gasteiger partial charge in [0.25, 0.3) is 10.1 Å². The number of aromatic nitrogens is 1. The van der Waals surface area contributed by atoms with Gasteiger partial charge in [-0.2, -0.15) is 8.42 Å². The second kappa shape index (κ2) is 6.99. The Kier molecular flexibility index (Phi) is 5.28. The summed E-state index contributed by atoms with van der Waals surface area (Å²) in [5, 5.41) is 4.86. The van der Waals surface area contributed by atoms with Gasteiger partial charge in [-0.05, 0) is 12.5 Å². The summed E-state index contributed by atoms with van der Waals surface area (Å²) in [6, 6.07) is 7.09. The SMILES string of the molecule is CCOS(=O)(=O)Cc1ccccc1-c1csc(NC(C)=O)n1. The number of anilines is 1. The molecule has 6 nitrogen and oxygen atoms in total. The lowest BCUT2D eigenvalue weighted by molar-refractivity contribution is -0.114. The van der Waals surface area contributed by atoms with Crippen molar-refractivity contribution in [3.05, 3.63) is 35.2 Å². The van der Waals surface area contributed by atoms with E-state index in [-0.39, 0.29) is 18.3 Å². The maximum atomic E-state index is 11.8. The van der Waals surface area contributed by atoms with Crippen LogP contribution in [0.1, 0.15) is 19.4 Å². The molecule has 1 amide bonds. The molecule has 0 spiro atoms. The van der Waals surface area contributed by atoms with E-state index in [1.165, 1.54) is 18.3 Å². The molecule has 0 bridgehead atoms. The first-order chi connectivity index (χ1) is 10.4. The minimum absolute atomic E-state index is 0.105. The molecule has 1 heterocycles. The monoisotopic (exact) mass is 340 g/mol. The Bertz CT molecular complexity index is 769. The Morgan fingerprint density at radius 3 is 2.77 bits per heavy atom. The van der Waals surface area contributed by atoms with Crippen molar-refractivity contribution in [3.63, 3.8) is 0 Å². The summed E-state index contributed by atoms with van der Waals surface area (Å²) < 4.78 is 28.5. The predicted molar refractivity (Wildman–Crippen MR) is 86.1 cm³/mol. The average Bonchev–Trinajstić information content (AvgIpc) is 2.86. The molecule has 1 N–H and O–H groups in total. The molecule has 2 rings (SSSR count). The molecule has 0 aliphatic heterocycles. The summed E-state index contributed by atoms with van der Waals surface area (Å²) in [4.78, 5) is 15.4. The van der Waals surface area contributed by atoms with E-state index in [0.717, 1.165) is 0 Å². The fourth-order valence-corrected chi connectivity index (χ4v) is 3.74. The summed E-state index contributed by atoms with van der Waals surface area (Å²) in [7, 11) is -3.62. The quantitative estimate of drug-likeness (QED) is 0.817. The van der Waals surface area contributed by atoms with Crippen molar-refractivity contribution in [1.29, 1.82) is 0 Å². The van der Waals surface area contributed by atoms with Gasteiger partial charge < -0.3 is 5.32 Å². The van der Waals surface area contributed by atoms with Crippen molar-refractivity contribution in [1.82, 2.24) is 4.98 Å². The van der Waals surface area contributed by atoms with Gasteiger partial charge in [-0.3, -0.25) is 8.98 Å². The van der Waals surface area contributed by atoms with Crippen molar-refractivity contribution in [3.8, 4) is 11.3 Å². The molecule has 8 heteroatoms. The number of hydrogen-bond acceptors (Lipinski definition) is 6. The number of carbonyl (C=O) groups excluding carboxylic acids is 1. The highest BCUT2D eigenvalue weighted by Gasteiger charge is 2.16. The summed E-state index contributed by atoms with van der Waals surface area (Å²) in [5.41, 5.74) is 1.94. The number of carbonyl (C=O) groups is 1. The van der Waals surface area contributed by atoms with Gasteiger partial charge in [0.2, 0.25) is 5.91 Å². The molecule has 0 saturated carbocycles. The smallest absolute Gasteiger partial charge is 0.271 e. The highest BCUT2D eigenvalue weighted by atomic mass is 32.2. The largest absolute Gasteiger partial charge is 0.302 e. The predicted octanol–water partition coefficient (Wildman–Crippen LogP) is 2.63. The topological polar surface area (TPSA) is 85.4 Å². The minimum atomic E-state index is -3.62. The lowest BCUT2D eigenvalue weighted by Gasteiger charge is -2.08. The first-order valence-electron chi connectivity index (χ1n) is 6.60. The number of nitrogens with zero attached hydrogens (tertiary/aromatic N) is 1. The minimum Gasteiger partial charge on any atom is -0.302 e. The Hall–Kier alpha value is -1.77. The van der Waals surface area contributed by atoms with E-state index in [9.17, 15) is 13.2 Å². The van der Waals surface area contributed by atoms with E-state index >= 15 is 0 Å². The standard InChI is InChI=1S/C14H16N2O4S2/c1-3-20-22(18,19)9-11-6-4-5-7-12(11)13-8-21-14(16-13)15-10(2)17/h4-8H,3,9H2,1-2H3,(H,15,16,17). The fraction of sp³-hybridized carbons (Fsp3) is 0.286. The average molecular weight is 340 g/mol. The van der Waals surface area contributed by atoms with Gasteiger partial charge in [-0.15, -0.1) is 11.3 Å². The number of rotatable bonds is 6. The second-order valence-electron chi connectivity index (χ2n) is 4.48. The zero-order valence-electron chi connectivity index (χ0n) is 12.2. The Morgan fingerprint density at radius 2 is 2.09 bits per heavy atom. The Balaban J connectivity index is 2.32. The Labute approximate surface area is 133 Å². The molecule has 0 atom stereocenters. The number of nitrogens with one attached hydrogen (secondary N) is 1. The highest BCUT2D eigenvalue weighted by molar-refractivity contribution is 7.85. The van der Waals surface area contributed by atoms with Crippen molar-refractivity contribution in [2.24, 2.45) is 0 Å². The number of thiazole rings is 1. The first kappa shape index (κ1) is 16.6. The van der Waals surface area contributed by atoms with Crippen molar-refractivity contribution < 1.29 is 17.4 Å². The maximum Gasteiger partial charge on any atom is 0.271 e. The molecule has 22 heavy (non-hydrogen) atoms. The molecule has 0 aliphatic carbocycles. The maximum absolute atomic E-state index is 11.8. The van der Waals surface area contributed by atoms with Crippen LogP contribution < -0.4 is 5.32 Å². The highest BCUT2D eigenvalue weighted by Crippen LogP contribution is 2.28. The van der Waals surface area contributed by atoms with Crippen LogP contribution in [0.5, 0.6) is 0 Å². The molecular weight excluding hydrogens is 324 g/mol. The molecule has 0 unspecified atom stereocenters. The van der Waals surface area contributed by atoms with E-state index in [1.54, 1.807) is 30.5 Å². The van der Waals surface area contributed by atoms with Crippen molar-refractivity contribution in [2.45, 2.75) is 19.6 Å². The molecule has 118 valence electrons. The number of hydrogen-bond donors (Lipinski definition) is 1. The van der Waals surface area contributed by atoms with E-state index < -0.39 is 10.1 Å². The molecule has 1 aromatic heterocycles. The number of benzene rings is 1. The molecule has 0 aliphatic rings. The van der Waals surface area contributed by atoms with Crippen LogP contribution in [-0.2, 0) is 24.8 Å². The van der Waals surface area contributed by atoms with Crippen molar-refractivity contribution in [2.75, 3.05) is 11.9 Å². The molecular formula is C14H16N2O4S2. The van der Waals surface area contributed by atoms with Gasteiger partial charge in [0.05, 0.1) is 12.3 Å². The van der Waals surface area contributed by atoms with Crippen LogP contribution in [0.2, 0.25) is 0 Å². The van der Waals surface area contributed by atoms with Crippen LogP contribution in [0.25, 0.3) is 11.3 Å².